The summed E-state index contributed by atoms with van der Waals surface area (Å²) >= 11 is 1.56. The van der Waals surface area contributed by atoms with Crippen LogP contribution in [0.3, 0.4) is 0 Å². The Morgan fingerprint density at radius 2 is 1.62 bits per heavy atom. The van der Waals surface area contributed by atoms with Gasteiger partial charge in [0.1, 0.15) is 0 Å². The number of hydrogen-bond donors (Lipinski definition) is 1. The Labute approximate surface area is 130 Å². The van der Waals surface area contributed by atoms with Crippen LogP contribution >= 0.6 is 11.8 Å². The van der Waals surface area contributed by atoms with Crippen LogP contribution in [0.15, 0.2) is 65.6 Å². The first-order valence-corrected chi connectivity index (χ1v) is 7.98. The van der Waals surface area contributed by atoms with Crippen molar-refractivity contribution in [3.05, 3.63) is 66.2 Å². The first kappa shape index (κ1) is 15.6. The van der Waals surface area contributed by atoms with Gasteiger partial charge < -0.3 is 10.6 Å². The second-order valence-electron chi connectivity index (χ2n) is 4.69. The summed E-state index contributed by atoms with van der Waals surface area (Å²) in [5.41, 5.74) is 6.76. The molecule has 0 atom stereocenters. The molecular formula is C17H20N2OS. The first-order valence-electron chi connectivity index (χ1n) is 6.99. The number of carbonyl (C=O) groups is 1. The maximum Gasteiger partial charge on any atom is 0.233 e. The van der Waals surface area contributed by atoms with Crippen molar-refractivity contribution in [1.29, 1.82) is 0 Å². The Morgan fingerprint density at radius 3 is 2.24 bits per heavy atom. The number of nitrogens with zero attached hydrogens (tertiary/aromatic N) is 1. The van der Waals surface area contributed by atoms with Crippen molar-refractivity contribution >= 4 is 17.7 Å². The van der Waals surface area contributed by atoms with E-state index in [-0.39, 0.29) is 5.91 Å². The van der Waals surface area contributed by atoms with Gasteiger partial charge in [0.25, 0.3) is 0 Å². The fourth-order valence-corrected chi connectivity index (χ4v) is 2.83. The number of benzene rings is 2. The molecule has 110 valence electrons. The van der Waals surface area contributed by atoms with Crippen LogP contribution in [0.25, 0.3) is 0 Å². The molecule has 0 saturated carbocycles. The molecule has 4 heteroatoms. The van der Waals surface area contributed by atoms with E-state index in [4.69, 9.17) is 5.73 Å². The van der Waals surface area contributed by atoms with Crippen molar-refractivity contribution in [2.45, 2.75) is 11.4 Å². The Balaban J connectivity index is 1.92. The zero-order valence-corrected chi connectivity index (χ0v) is 12.8. The molecule has 0 aliphatic carbocycles. The van der Waals surface area contributed by atoms with E-state index in [1.54, 1.807) is 11.8 Å². The van der Waals surface area contributed by atoms with Gasteiger partial charge in [0.2, 0.25) is 5.91 Å². The Bertz CT molecular complexity index is 545. The number of hydrogen-bond acceptors (Lipinski definition) is 3. The lowest BCUT2D eigenvalue weighted by atomic mass is 10.2. The van der Waals surface area contributed by atoms with E-state index >= 15 is 0 Å². The van der Waals surface area contributed by atoms with Gasteiger partial charge in [-0.15, -0.1) is 11.8 Å². The van der Waals surface area contributed by atoms with Gasteiger partial charge in [-0.1, -0.05) is 48.5 Å². The molecule has 0 saturated heterocycles. The molecule has 0 aliphatic heterocycles. The van der Waals surface area contributed by atoms with Crippen molar-refractivity contribution in [3.8, 4) is 0 Å². The molecule has 1 amide bonds. The Kier molecular flexibility index (Phi) is 6.31. The summed E-state index contributed by atoms with van der Waals surface area (Å²) in [6, 6.07) is 20.0. The highest BCUT2D eigenvalue weighted by molar-refractivity contribution is 8.00. The summed E-state index contributed by atoms with van der Waals surface area (Å²) in [5.74, 6) is 0.565. The molecule has 2 aromatic rings. The Hall–Kier alpha value is -1.78. The second-order valence-corrected chi connectivity index (χ2v) is 5.74. The minimum Gasteiger partial charge on any atom is -0.336 e. The molecule has 0 unspecified atom stereocenters. The molecule has 2 aromatic carbocycles. The summed E-state index contributed by atoms with van der Waals surface area (Å²) in [6.07, 6.45) is 0. The quantitative estimate of drug-likeness (QED) is 0.800. The minimum absolute atomic E-state index is 0.123. The molecule has 0 aromatic heterocycles. The molecule has 21 heavy (non-hydrogen) atoms. The van der Waals surface area contributed by atoms with Gasteiger partial charge in [-0.2, -0.15) is 0 Å². The predicted octanol–water partition coefficient (Wildman–Crippen LogP) is 2.77. The zero-order chi connectivity index (χ0) is 14.9. The van der Waals surface area contributed by atoms with Crippen LogP contribution in [0.4, 0.5) is 0 Å². The maximum atomic E-state index is 12.4. The van der Waals surface area contributed by atoms with Crippen molar-refractivity contribution in [2.75, 3.05) is 18.8 Å². The highest BCUT2D eigenvalue weighted by Gasteiger charge is 2.13. The molecular weight excluding hydrogens is 280 g/mol. The van der Waals surface area contributed by atoms with Crippen LogP contribution < -0.4 is 5.73 Å². The van der Waals surface area contributed by atoms with Gasteiger partial charge >= 0.3 is 0 Å². The smallest absolute Gasteiger partial charge is 0.233 e. The van der Waals surface area contributed by atoms with Crippen molar-refractivity contribution in [1.82, 2.24) is 4.90 Å². The zero-order valence-electron chi connectivity index (χ0n) is 11.9. The molecule has 0 heterocycles. The van der Waals surface area contributed by atoms with Crippen LogP contribution in [-0.2, 0) is 11.3 Å². The van der Waals surface area contributed by atoms with Crippen molar-refractivity contribution in [2.24, 2.45) is 5.73 Å². The van der Waals surface area contributed by atoms with Crippen LogP contribution in [-0.4, -0.2) is 29.6 Å². The summed E-state index contributed by atoms with van der Waals surface area (Å²) in [5, 5.41) is 0. The van der Waals surface area contributed by atoms with E-state index in [0.29, 0.717) is 25.4 Å². The fraction of sp³-hybridized carbons (Fsp3) is 0.235. The lowest BCUT2D eigenvalue weighted by Gasteiger charge is -2.22. The summed E-state index contributed by atoms with van der Waals surface area (Å²) < 4.78 is 0. The number of thioether (sulfide) groups is 1. The van der Waals surface area contributed by atoms with E-state index in [1.807, 2.05) is 65.6 Å². The third kappa shape index (κ3) is 5.25. The standard InChI is InChI=1S/C17H20N2OS/c18-11-12-19(13-15-7-3-1-4-8-15)17(20)14-21-16-9-5-2-6-10-16/h1-10H,11-14,18H2. The topological polar surface area (TPSA) is 46.3 Å². The van der Waals surface area contributed by atoms with Crippen LogP contribution in [0.5, 0.6) is 0 Å². The largest absolute Gasteiger partial charge is 0.336 e. The van der Waals surface area contributed by atoms with Gasteiger partial charge in [-0.25, -0.2) is 0 Å². The predicted molar refractivity (Wildman–Crippen MR) is 88.1 cm³/mol. The minimum atomic E-state index is 0.123. The van der Waals surface area contributed by atoms with E-state index in [9.17, 15) is 4.79 Å². The molecule has 0 spiro atoms. The van der Waals surface area contributed by atoms with Crippen LogP contribution in [0.1, 0.15) is 5.56 Å². The fourth-order valence-electron chi connectivity index (χ4n) is 2.00. The number of amides is 1. The summed E-state index contributed by atoms with van der Waals surface area (Å²) in [6.45, 7) is 1.68. The maximum absolute atomic E-state index is 12.4. The van der Waals surface area contributed by atoms with E-state index in [2.05, 4.69) is 0 Å². The lowest BCUT2D eigenvalue weighted by Crippen LogP contribution is -2.36. The molecule has 0 aliphatic rings. The van der Waals surface area contributed by atoms with Crippen molar-refractivity contribution < 1.29 is 4.79 Å². The number of rotatable bonds is 7. The summed E-state index contributed by atoms with van der Waals surface area (Å²) in [7, 11) is 0. The average Bonchev–Trinajstić information content (AvgIpc) is 2.54. The van der Waals surface area contributed by atoms with Gasteiger partial charge in [0.15, 0.2) is 0 Å². The summed E-state index contributed by atoms with van der Waals surface area (Å²) in [4.78, 5) is 15.3. The van der Waals surface area contributed by atoms with Crippen LogP contribution in [0, 0.1) is 0 Å². The number of nitrogens with two attached hydrogens (primary N) is 1. The third-order valence-corrected chi connectivity index (χ3v) is 4.07. The van der Waals surface area contributed by atoms with Gasteiger partial charge in [0, 0.05) is 24.5 Å². The van der Waals surface area contributed by atoms with Gasteiger partial charge in [-0.3, -0.25) is 4.79 Å². The normalized spacial score (nSPS) is 10.3. The van der Waals surface area contributed by atoms with E-state index < -0.39 is 0 Å². The molecule has 0 fully saturated rings. The van der Waals surface area contributed by atoms with Gasteiger partial charge in [0.05, 0.1) is 5.75 Å². The average molecular weight is 300 g/mol. The molecule has 0 radical (unpaired) electrons. The van der Waals surface area contributed by atoms with Gasteiger partial charge in [-0.05, 0) is 17.7 Å². The second kappa shape index (κ2) is 8.49. The molecule has 0 bridgehead atoms. The number of carbonyl (C=O) groups excluding carboxylic acids is 1. The van der Waals surface area contributed by atoms with E-state index in [0.717, 1.165) is 10.5 Å². The van der Waals surface area contributed by atoms with Crippen molar-refractivity contribution in [3.63, 3.8) is 0 Å². The lowest BCUT2D eigenvalue weighted by molar-refractivity contribution is -0.128. The van der Waals surface area contributed by atoms with E-state index in [1.165, 1.54) is 0 Å². The molecule has 2 rings (SSSR count). The highest BCUT2D eigenvalue weighted by atomic mass is 32.2. The van der Waals surface area contributed by atoms with Crippen LogP contribution in [0.2, 0.25) is 0 Å². The SMILES string of the molecule is NCCN(Cc1ccccc1)C(=O)CSc1ccccc1. The molecule has 3 nitrogen and oxygen atoms in total. The third-order valence-electron chi connectivity index (χ3n) is 3.07. The Morgan fingerprint density at radius 1 is 1.00 bits per heavy atom. The monoisotopic (exact) mass is 300 g/mol. The first-order chi connectivity index (χ1) is 10.3. The highest BCUT2D eigenvalue weighted by Crippen LogP contribution is 2.18. The molecule has 2 N–H and O–H groups in total.